The molecular formula is C29H35Cl2O5P. The standard InChI is InChI=1S/C29H35Cl2O5P/c1-18(2)26-15-23(7-8-28(26)32)16-27-19(3)12-25(13-20(27)4)34-17-37(33)35-10-9-29(36-37)21(5)11-24(31)14-22(6)30/h7-8,11-15,18,29,32H,5,9-10,16-17H2,1-4,6H3/b22-14+,24-11+/t29-,37-/m0/s1. The van der Waals surface area contributed by atoms with Crippen molar-refractivity contribution >= 4 is 30.8 Å². The Morgan fingerprint density at radius 3 is 2.51 bits per heavy atom. The molecule has 0 aromatic heterocycles. The Morgan fingerprint density at radius 1 is 1.22 bits per heavy atom. The molecule has 0 unspecified atom stereocenters. The molecule has 1 saturated heterocycles. The fraction of sp³-hybridized carbons (Fsp3) is 0.379. The van der Waals surface area contributed by atoms with Crippen LogP contribution in [0.4, 0.5) is 0 Å². The predicted molar refractivity (Wildman–Crippen MR) is 152 cm³/mol. The zero-order valence-corrected chi connectivity index (χ0v) is 24.4. The van der Waals surface area contributed by atoms with Gasteiger partial charge in [-0.3, -0.25) is 9.09 Å². The van der Waals surface area contributed by atoms with Gasteiger partial charge in [-0.05, 0) is 96.9 Å². The van der Waals surface area contributed by atoms with Crippen LogP contribution in [0.3, 0.4) is 0 Å². The van der Waals surface area contributed by atoms with Gasteiger partial charge < -0.3 is 14.4 Å². The minimum Gasteiger partial charge on any atom is -0.508 e. The lowest BCUT2D eigenvalue weighted by atomic mass is 9.93. The quantitative estimate of drug-likeness (QED) is 0.243. The lowest BCUT2D eigenvalue weighted by Gasteiger charge is -2.30. The van der Waals surface area contributed by atoms with Crippen molar-refractivity contribution in [3.8, 4) is 11.5 Å². The molecule has 1 aliphatic rings. The molecule has 2 atom stereocenters. The molecule has 1 fully saturated rings. The molecule has 8 heteroatoms. The molecule has 37 heavy (non-hydrogen) atoms. The first-order chi connectivity index (χ1) is 17.4. The fourth-order valence-corrected chi connectivity index (χ4v) is 6.24. The molecule has 0 bridgehead atoms. The van der Waals surface area contributed by atoms with Crippen molar-refractivity contribution in [1.82, 2.24) is 0 Å². The first kappa shape index (κ1) is 29.5. The van der Waals surface area contributed by atoms with Crippen molar-refractivity contribution in [3.63, 3.8) is 0 Å². The van der Waals surface area contributed by atoms with Crippen molar-refractivity contribution in [2.75, 3.05) is 13.0 Å². The Kier molecular flexibility index (Phi) is 10.1. The molecule has 0 amide bonds. The summed E-state index contributed by atoms with van der Waals surface area (Å²) in [4.78, 5) is 0. The third kappa shape index (κ3) is 8.24. The molecular weight excluding hydrogens is 530 g/mol. The second kappa shape index (κ2) is 12.7. The Hall–Kier alpha value is -2.01. The van der Waals surface area contributed by atoms with Crippen LogP contribution in [0.1, 0.15) is 60.9 Å². The summed E-state index contributed by atoms with van der Waals surface area (Å²) in [7, 11) is -3.50. The molecule has 3 rings (SSSR count). The second-order valence-electron chi connectivity index (χ2n) is 9.70. The summed E-state index contributed by atoms with van der Waals surface area (Å²) in [5.41, 5.74) is 5.97. The van der Waals surface area contributed by atoms with Crippen LogP contribution in [0, 0.1) is 13.8 Å². The summed E-state index contributed by atoms with van der Waals surface area (Å²) in [6.45, 7) is 14.2. The predicted octanol–water partition coefficient (Wildman–Crippen LogP) is 8.88. The van der Waals surface area contributed by atoms with Gasteiger partial charge >= 0.3 is 7.60 Å². The average Bonchev–Trinajstić information content (AvgIpc) is 2.80. The molecule has 0 aliphatic carbocycles. The second-order valence-corrected chi connectivity index (χ2v) is 12.7. The van der Waals surface area contributed by atoms with Gasteiger partial charge in [-0.2, -0.15) is 0 Å². The van der Waals surface area contributed by atoms with Gasteiger partial charge in [0.25, 0.3) is 0 Å². The highest BCUT2D eigenvalue weighted by Gasteiger charge is 2.35. The van der Waals surface area contributed by atoms with E-state index in [0.717, 1.165) is 28.7 Å². The molecule has 5 nitrogen and oxygen atoms in total. The molecule has 0 saturated carbocycles. The van der Waals surface area contributed by atoms with Gasteiger partial charge in [-0.15, -0.1) is 0 Å². The summed E-state index contributed by atoms with van der Waals surface area (Å²) in [6.07, 6.45) is 3.81. The van der Waals surface area contributed by atoms with E-state index < -0.39 is 13.7 Å². The zero-order valence-electron chi connectivity index (χ0n) is 22.0. The first-order valence-corrected chi connectivity index (χ1v) is 14.7. The number of phenols is 1. The minimum absolute atomic E-state index is 0.206. The van der Waals surface area contributed by atoms with E-state index >= 15 is 0 Å². The Bertz CT molecular complexity index is 1240. The van der Waals surface area contributed by atoms with Gasteiger partial charge in [0, 0.05) is 16.5 Å². The highest BCUT2D eigenvalue weighted by atomic mass is 35.5. The van der Waals surface area contributed by atoms with Crippen molar-refractivity contribution < 1.29 is 23.5 Å². The van der Waals surface area contributed by atoms with Crippen LogP contribution in [-0.4, -0.2) is 24.2 Å². The molecule has 2 aromatic carbocycles. The van der Waals surface area contributed by atoms with Gasteiger partial charge in [0.15, 0.2) is 6.35 Å². The Labute approximate surface area is 230 Å². The summed E-state index contributed by atoms with van der Waals surface area (Å²) < 4.78 is 30.5. The smallest absolute Gasteiger partial charge is 0.368 e. The number of aryl methyl sites for hydroxylation is 2. The first-order valence-electron chi connectivity index (χ1n) is 12.2. The highest BCUT2D eigenvalue weighted by Crippen LogP contribution is 2.53. The molecule has 1 aliphatic heterocycles. The van der Waals surface area contributed by atoms with Crippen LogP contribution in [0.15, 0.2) is 64.7 Å². The summed E-state index contributed by atoms with van der Waals surface area (Å²) in [5.74, 6) is 1.16. The van der Waals surface area contributed by atoms with E-state index in [0.29, 0.717) is 33.6 Å². The fourth-order valence-electron chi connectivity index (χ4n) is 4.25. The molecule has 0 radical (unpaired) electrons. The van der Waals surface area contributed by atoms with Gasteiger partial charge in [0.2, 0.25) is 0 Å². The number of rotatable bonds is 9. The average molecular weight is 565 g/mol. The lowest BCUT2D eigenvalue weighted by molar-refractivity contribution is 0.0933. The molecule has 200 valence electrons. The highest BCUT2D eigenvalue weighted by molar-refractivity contribution is 7.53. The van der Waals surface area contributed by atoms with Crippen LogP contribution in [0.2, 0.25) is 0 Å². The topological polar surface area (TPSA) is 65.0 Å². The van der Waals surface area contributed by atoms with Crippen molar-refractivity contribution in [3.05, 3.63) is 92.5 Å². The monoisotopic (exact) mass is 564 g/mol. The third-order valence-electron chi connectivity index (χ3n) is 6.18. The number of aromatic hydroxyl groups is 1. The van der Waals surface area contributed by atoms with Crippen molar-refractivity contribution in [2.24, 2.45) is 0 Å². The number of phenolic OH excluding ortho intramolecular Hbond substituents is 1. The van der Waals surface area contributed by atoms with E-state index in [1.165, 1.54) is 5.56 Å². The van der Waals surface area contributed by atoms with E-state index in [2.05, 4.69) is 26.5 Å². The van der Waals surface area contributed by atoms with Crippen LogP contribution < -0.4 is 4.74 Å². The maximum atomic E-state index is 13.3. The van der Waals surface area contributed by atoms with E-state index in [-0.39, 0.29) is 18.9 Å². The summed E-state index contributed by atoms with van der Waals surface area (Å²) in [6, 6.07) is 9.64. The maximum absolute atomic E-state index is 13.3. The van der Waals surface area contributed by atoms with Crippen molar-refractivity contribution in [1.29, 1.82) is 0 Å². The van der Waals surface area contributed by atoms with Crippen LogP contribution in [-0.2, 0) is 20.0 Å². The lowest BCUT2D eigenvalue weighted by Crippen LogP contribution is -2.23. The number of hydrogen-bond acceptors (Lipinski definition) is 5. The van der Waals surface area contributed by atoms with E-state index in [4.69, 9.17) is 37.0 Å². The van der Waals surface area contributed by atoms with Crippen LogP contribution in [0.5, 0.6) is 11.5 Å². The summed E-state index contributed by atoms with van der Waals surface area (Å²) >= 11 is 12.0. The Morgan fingerprint density at radius 2 is 1.89 bits per heavy atom. The number of benzene rings is 2. The van der Waals surface area contributed by atoms with Gasteiger partial charge in [-0.25, -0.2) is 0 Å². The van der Waals surface area contributed by atoms with Crippen LogP contribution >= 0.6 is 30.8 Å². The van der Waals surface area contributed by atoms with Gasteiger partial charge in [-0.1, -0.05) is 55.8 Å². The number of allylic oxidation sites excluding steroid dienone is 3. The molecule has 1 N–H and O–H groups in total. The van der Waals surface area contributed by atoms with E-state index in [1.807, 2.05) is 32.0 Å². The summed E-state index contributed by atoms with van der Waals surface area (Å²) in [5, 5.41) is 11.1. The zero-order chi connectivity index (χ0) is 27.3. The molecule has 0 spiro atoms. The molecule has 2 aromatic rings. The van der Waals surface area contributed by atoms with Gasteiger partial charge in [0.1, 0.15) is 11.5 Å². The maximum Gasteiger partial charge on any atom is 0.368 e. The number of halogens is 2. The van der Waals surface area contributed by atoms with Crippen molar-refractivity contribution in [2.45, 2.75) is 59.5 Å². The SMILES string of the molecule is C=C(/C=C(Cl)\C=C(/C)Cl)[C@@H]1CCO[P@@](=O)(COc2cc(C)c(Cc3ccc(O)c(C(C)C)c3)c(C)c2)O1. The molecule has 1 heterocycles. The van der Waals surface area contributed by atoms with Gasteiger partial charge in [0.05, 0.1) is 12.7 Å². The third-order valence-corrected chi connectivity index (χ3v) is 8.11. The number of ether oxygens (including phenoxy) is 1. The van der Waals surface area contributed by atoms with Crippen LogP contribution in [0.25, 0.3) is 0 Å². The normalized spacial score (nSPS) is 20.8. The largest absolute Gasteiger partial charge is 0.508 e. The number of hydrogen-bond donors (Lipinski definition) is 1. The minimum atomic E-state index is -3.50. The van der Waals surface area contributed by atoms with E-state index in [1.54, 1.807) is 25.1 Å². The van der Waals surface area contributed by atoms with E-state index in [9.17, 15) is 9.67 Å². The Balaban J connectivity index is 1.69.